The van der Waals surface area contributed by atoms with Crippen molar-refractivity contribution >= 4 is 93.6 Å². The number of para-hydroxylation sites is 1. The first kappa shape index (κ1) is 47.3. The van der Waals surface area contributed by atoms with Gasteiger partial charge >= 0.3 is 16.5 Å². The van der Waals surface area contributed by atoms with Crippen molar-refractivity contribution in [2.45, 2.75) is 14.7 Å². The second-order valence-electron chi connectivity index (χ2n) is 14.6. The molecule has 0 amide bonds. The molecule has 0 saturated heterocycles. The average molecular weight is 990 g/mol. The molecule has 0 aromatic heterocycles. The number of anilines is 2. The number of carboxylic acid groups (broad SMARTS) is 1. The zero-order chi connectivity index (χ0) is 49.3. The molecule has 3 aliphatic carbocycles. The van der Waals surface area contributed by atoms with Crippen LogP contribution in [-0.2, 0) is 34.8 Å². The summed E-state index contributed by atoms with van der Waals surface area (Å²) < 4.78 is 96.0. The summed E-state index contributed by atoms with van der Waals surface area (Å²) in [6, 6.07) is 23.2. The Bertz CT molecular complexity index is 3570. The van der Waals surface area contributed by atoms with E-state index in [1.54, 1.807) is 48.6 Å². The van der Waals surface area contributed by atoms with Crippen LogP contribution in [0.1, 0.15) is 32.6 Å². The summed E-state index contributed by atoms with van der Waals surface area (Å²) in [5.41, 5.74) is 1.68. The lowest BCUT2D eigenvalue weighted by Gasteiger charge is -2.17. The molecule has 24 heteroatoms. The van der Waals surface area contributed by atoms with Crippen LogP contribution in [0.5, 0.6) is 5.75 Å². The van der Waals surface area contributed by atoms with Crippen molar-refractivity contribution in [2.24, 2.45) is 30.4 Å². The van der Waals surface area contributed by atoms with E-state index in [-0.39, 0.29) is 61.2 Å². The van der Waals surface area contributed by atoms with Crippen molar-refractivity contribution in [3.05, 3.63) is 180 Å². The van der Waals surface area contributed by atoms with Crippen molar-refractivity contribution < 1.29 is 60.1 Å². The fourth-order valence-electron chi connectivity index (χ4n) is 6.88. The van der Waals surface area contributed by atoms with Crippen LogP contribution in [0.4, 0.5) is 22.7 Å². The number of nitrogens with one attached hydrogen (secondary N) is 1. The number of fused-ring (bicyclic) bond motifs is 2. The zero-order valence-electron chi connectivity index (χ0n) is 34.9. The maximum Gasteiger partial charge on any atom is 0.387 e. The van der Waals surface area contributed by atoms with Gasteiger partial charge in [0.05, 0.1) is 61.0 Å². The second kappa shape index (κ2) is 18.8. The molecule has 21 nitrogen and oxygen atoms in total. The maximum absolute atomic E-state index is 13.1. The Morgan fingerprint density at radius 3 is 1.88 bits per heavy atom. The van der Waals surface area contributed by atoms with Crippen LogP contribution < -0.4 is 9.95 Å². The van der Waals surface area contributed by atoms with E-state index in [2.05, 4.69) is 35.1 Å². The van der Waals surface area contributed by atoms with Crippen molar-refractivity contribution in [1.29, 1.82) is 0 Å². The first-order valence-corrected chi connectivity index (χ1v) is 24.1. The zero-order valence-corrected chi connectivity index (χ0v) is 37.3. The fraction of sp³-hybridized carbons (Fsp3) is 0. The molecule has 0 radical (unpaired) electrons. The molecule has 0 unspecified atom stereocenters. The van der Waals surface area contributed by atoms with Crippen molar-refractivity contribution in [1.82, 2.24) is 0 Å². The van der Waals surface area contributed by atoms with Crippen LogP contribution >= 0.6 is 0 Å². The number of sulfonamides is 1. The van der Waals surface area contributed by atoms with Gasteiger partial charge in [-0.3, -0.25) is 19.7 Å². The number of phenols is 1. The topological polar surface area (TPSA) is 333 Å². The van der Waals surface area contributed by atoms with Crippen molar-refractivity contribution in [3.63, 3.8) is 0 Å². The molecule has 0 atom stereocenters. The van der Waals surface area contributed by atoms with Gasteiger partial charge < -0.3 is 10.2 Å². The highest BCUT2D eigenvalue weighted by molar-refractivity contribution is 7.93. The number of carbonyl (C=O) groups is 1. The average Bonchev–Trinajstić information content (AvgIpc) is 3.31. The highest BCUT2D eigenvalue weighted by atomic mass is 32.3. The van der Waals surface area contributed by atoms with Gasteiger partial charge in [0.25, 0.3) is 20.1 Å². The Hall–Kier alpha value is -8.20. The lowest BCUT2D eigenvalue weighted by Crippen LogP contribution is -2.20. The lowest BCUT2D eigenvalue weighted by atomic mass is 9.93. The van der Waals surface area contributed by atoms with Gasteiger partial charge in [-0.25, -0.2) is 23.2 Å². The maximum atomic E-state index is 13.1. The third kappa shape index (κ3) is 10.5. The highest BCUT2D eigenvalue weighted by Gasteiger charge is 2.35. The van der Waals surface area contributed by atoms with E-state index >= 15 is 0 Å². The van der Waals surface area contributed by atoms with Crippen molar-refractivity contribution in [2.75, 3.05) is 9.95 Å². The number of hydrogen-bond acceptors (Lipinski definition) is 16. The molecular formula is C45H33N8O13S3+. The number of aromatic carboxylic acids is 1. The molecule has 8 N–H and O–H groups in total. The third-order valence-electron chi connectivity index (χ3n) is 10.1. The van der Waals surface area contributed by atoms with E-state index in [1.807, 2.05) is 0 Å². The number of rotatable bonds is 11. The standard InChI is InChI=1S/C45H32N8O13S3/c54-42-22-13-29(23-35(42)45(55)56)52-67(59,60)30-15-17-39(41(25-30)53(57)58)46-27-9-11-28(12-10-27)48-49-36-18-19-38(34-24-31(68(61,62)63)14-16-32(34)36)51-50-37-20-21-40(47-26-5-2-1-3-6-26)44-33(37)7-4-8-43(44)69(64,65)66/h1-25,57-58H,(H5-,46,47,48,49,50,51,52,54,55,56,61,62,63,64,65,66)/p+1. The molecule has 0 saturated carbocycles. The van der Waals surface area contributed by atoms with Crippen LogP contribution in [0.15, 0.2) is 197 Å². The van der Waals surface area contributed by atoms with E-state index in [9.17, 15) is 60.1 Å². The summed E-state index contributed by atoms with van der Waals surface area (Å²) in [5.74, 6) is -2.08. The second-order valence-corrected chi connectivity index (χ2v) is 19.2. The quantitative estimate of drug-likeness (QED) is 0.0217. The lowest BCUT2D eigenvalue weighted by molar-refractivity contribution is 0.0293. The van der Waals surface area contributed by atoms with E-state index in [4.69, 9.17) is 0 Å². The molecule has 0 bridgehead atoms. The van der Waals surface area contributed by atoms with E-state index in [0.717, 1.165) is 30.3 Å². The van der Waals surface area contributed by atoms with Gasteiger partial charge in [0.15, 0.2) is 0 Å². The number of carboxylic acids is 1. The molecule has 5 aromatic carbocycles. The minimum absolute atomic E-state index is 0.0755. The summed E-state index contributed by atoms with van der Waals surface area (Å²) in [6.45, 7) is 0. The van der Waals surface area contributed by atoms with Crippen LogP contribution in [0.25, 0.3) is 0 Å². The van der Waals surface area contributed by atoms with E-state index in [1.165, 1.54) is 72.9 Å². The first-order chi connectivity index (χ1) is 32.7. The molecule has 0 fully saturated rings. The number of aromatic hydroxyl groups is 1. The predicted octanol–water partition coefficient (Wildman–Crippen LogP) is 7.02. The molecule has 0 heterocycles. The molecule has 69 heavy (non-hydrogen) atoms. The summed E-state index contributed by atoms with van der Waals surface area (Å²) >= 11 is 0. The number of nitrogens with zero attached hydrogens (tertiary/aromatic N) is 7. The molecule has 5 aromatic rings. The number of allylic oxidation sites excluding steroid dienone is 8. The number of aliphatic imine (C=N–C) groups is 2. The highest BCUT2D eigenvalue weighted by Crippen LogP contribution is 2.33. The predicted molar refractivity (Wildman–Crippen MR) is 256 cm³/mol. The van der Waals surface area contributed by atoms with Crippen LogP contribution in [0, 0.1) is 0 Å². The van der Waals surface area contributed by atoms with E-state index < -0.39 is 63.4 Å². The summed E-state index contributed by atoms with van der Waals surface area (Å²) in [4.78, 5) is 19.2. The fourth-order valence-corrected chi connectivity index (χ4v) is 9.19. The summed E-state index contributed by atoms with van der Waals surface area (Å²) in [6.07, 6.45) is 12.2. The molecular weight excluding hydrogens is 957 g/mol. The SMILES string of the molecule is O=C(O)c1cc(NS(=O)(=O)c2ccc(N=C3C=CC(=NN=C4C=CC(=NN=C5C=CC(=Nc6ccccc6)c6c5cccc6[S+](=O)(O)O)c5cc(S(=O)(=O)O)ccc54)C=C3)c(N(O)O)c2)ccc1O. The molecule has 3 aliphatic rings. The van der Waals surface area contributed by atoms with Gasteiger partial charge in [-0.2, -0.15) is 22.6 Å². The molecule has 348 valence electrons. The van der Waals surface area contributed by atoms with Gasteiger partial charge in [0.2, 0.25) is 4.90 Å². The van der Waals surface area contributed by atoms with Crippen LogP contribution in [0.3, 0.4) is 0 Å². The molecule has 8 rings (SSSR count). The molecule has 0 aliphatic heterocycles. The van der Waals surface area contributed by atoms with Crippen LogP contribution in [-0.4, -0.2) is 91.4 Å². The Morgan fingerprint density at radius 1 is 0.609 bits per heavy atom. The summed E-state index contributed by atoms with van der Waals surface area (Å²) in [7, 11) is -13.6. The van der Waals surface area contributed by atoms with Gasteiger partial charge in [-0.15, -0.1) is 20.5 Å². The van der Waals surface area contributed by atoms with Gasteiger partial charge in [0, 0.05) is 28.4 Å². The molecule has 0 spiro atoms. The van der Waals surface area contributed by atoms with Gasteiger partial charge in [0.1, 0.15) is 17.0 Å². The first-order valence-electron chi connectivity index (χ1n) is 19.7. The summed E-state index contributed by atoms with van der Waals surface area (Å²) in [5, 5.41) is 56.1. The largest absolute Gasteiger partial charge is 0.507 e. The number of hydrogen-bond donors (Lipinski definition) is 8. The Balaban J connectivity index is 1.07. The van der Waals surface area contributed by atoms with E-state index in [0.29, 0.717) is 22.5 Å². The Kier molecular flexibility index (Phi) is 12.9. The van der Waals surface area contributed by atoms with Gasteiger partial charge in [-0.05, 0) is 113 Å². The minimum Gasteiger partial charge on any atom is -0.507 e. The van der Waals surface area contributed by atoms with Gasteiger partial charge in [-0.1, -0.05) is 36.4 Å². The smallest absolute Gasteiger partial charge is 0.387 e. The number of benzene rings is 5. The monoisotopic (exact) mass is 989 g/mol. The normalized spacial score (nSPS) is 16.8. The minimum atomic E-state index is -4.69. The third-order valence-corrected chi connectivity index (χ3v) is 13.2. The van der Waals surface area contributed by atoms with Crippen LogP contribution in [0.2, 0.25) is 0 Å². The Labute approximate surface area is 392 Å². The van der Waals surface area contributed by atoms with Crippen molar-refractivity contribution in [3.8, 4) is 5.75 Å². The Morgan fingerprint density at radius 2 is 1.23 bits per heavy atom.